The van der Waals surface area contributed by atoms with Crippen molar-refractivity contribution in [3.05, 3.63) is 121 Å². The van der Waals surface area contributed by atoms with Crippen LogP contribution in [0.1, 0.15) is 23.0 Å². The Labute approximate surface area is 208 Å². The number of aliphatic hydroxyl groups excluding tert-OH is 1. The molecule has 0 amide bonds. The number of ether oxygens (including phenoxy) is 3. The SMILES string of the molecule is C=CC(=O)OCCc1ccc(/C=C/OC(O)c2ccc(-c3ccc(OC(=O)C=C)cc3)c(F)c2)cc1. The van der Waals surface area contributed by atoms with Crippen molar-refractivity contribution in [3.8, 4) is 16.9 Å². The summed E-state index contributed by atoms with van der Waals surface area (Å²) in [7, 11) is 0. The Kier molecular flexibility index (Phi) is 9.31. The molecule has 1 unspecified atom stereocenters. The van der Waals surface area contributed by atoms with E-state index in [0.717, 1.165) is 23.3 Å². The van der Waals surface area contributed by atoms with E-state index < -0.39 is 24.0 Å². The molecular formula is C29H25FO6. The van der Waals surface area contributed by atoms with Gasteiger partial charge < -0.3 is 19.3 Å². The predicted molar refractivity (Wildman–Crippen MR) is 134 cm³/mol. The maximum absolute atomic E-state index is 14.7. The minimum Gasteiger partial charge on any atom is -0.468 e. The first-order valence-electron chi connectivity index (χ1n) is 11.0. The van der Waals surface area contributed by atoms with Crippen molar-refractivity contribution in [2.45, 2.75) is 12.7 Å². The van der Waals surface area contributed by atoms with Crippen molar-refractivity contribution in [2.24, 2.45) is 0 Å². The zero-order valence-electron chi connectivity index (χ0n) is 19.4. The molecule has 0 aromatic heterocycles. The van der Waals surface area contributed by atoms with Crippen LogP contribution in [0.15, 0.2) is 98.3 Å². The number of aliphatic hydroxyl groups is 1. The first kappa shape index (κ1) is 26.1. The predicted octanol–water partition coefficient (Wildman–Crippen LogP) is 5.53. The molecular weight excluding hydrogens is 463 g/mol. The Bertz CT molecular complexity index is 1250. The number of esters is 2. The van der Waals surface area contributed by atoms with E-state index in [1.54, 1.807) is 36.4 Å². The molecule has 0 bridgehead atoms. The van der Waals surface area contributed by atoms with Crippen molar-refractivity contribution < 1.29 is 33.3 Å². The van der Waals surface area contributed by atoms with E-state index in [4.69, 9.17) is 14.2 Å². The molecule has 3 rings (SSSR count). The fraction of sp³-hybridized carbons (Fsp3) is 0.103. The number of carbonyl (C=O) groups excluding carboxylic acids is 2. The largest absolute Gasteiger partial charge is 0.468 e. The molecule has 6 nitrogen and oxygen atoms in total. The van der Waals surface area contributed by atoms with Crippen molar-refractivity contribution in [1.29, 1.82) is 0 Å². The second kappa shape index (κ2) is 12.8. The molecule has 3 aromatic carbocycles. The van der Waals surface area contributed by atoms with Crippen LogP contribution < -0.4 is 4.74 Å². The Morgan fingerprint density at radius 3 is 2.28 bits per heavy atom. The lowest BCUT2D eigenvalue weighted by atomic mass is 10.0. The van der Waals surface area contributed by atoms with Crippen molar-refractivity contribution in [1.82, 2.24) is 0 Å². The van der Waals surface area contributed by atoms with E-state index in [-0.39, 0.29) is 12.2 Å². The third-order valence-electron chi connectivity index (χ3n) is 5.08. The van der Waals surface area contributed by atoms with E-state index in [0.29, 0.717) is 23.3 Å². The Morgan fingerprint density at radius 2 is 1.64 bits per heavy atom. The van der Waals surface area contributed by atoms with Crippen LogP contribution in [0, 0.1) is 5.82 Å². The molecule has 0 radical (unpaired) electrons. The smallest absolute Gasteiger partial charge is 0.335 e. The molecule has 0 aliphatic heterocycles. The van der Waals surface area contributed by atoms with Gasteiger partial charge in [-0.25, -0.2) is 14.0 Å². The van der Waals surface area contributed by atoms with Crippen LogP contribution in [0.25, 0.3) is 17.2 Å². The van der Waals surface area contributed by atoms with Gasteiger partial charge in [0.25, 0.3) is 0 Å². The summed E-state index contributed by atoms with van der Waals surface area (Å²) in [6.07, 6.45) is 4.39. The number of halogens is 1. The summed E-state index contributed by atoms with van der Waals surface area (Å²) in [5, 5.41) is 10.3. The van der Waals surface area contributed by atoms with E-state index in [9.17, 15) is 19.1 Å². The van der Waals surface area contributed by atoms with Crippen LogP contribution in [0.2, 0.25) is 0 Å². The monoisotopic (exact) mass is 488 g/mol. The van der Waals surface area contributed by atoms with Gasteiger partial charge >= 0.3 is 11.9 Å². The zero-order chi connectivity index (χ0) is 25.9. The molecule has 184 valence electrons. The van der Waals surface area contributed by atoms with E-state index in [1.807, 2.05) is 24.3 Å². The first-order chi connectivity index (χ1) is 17.4. The highest BCUT2D eigenvalue weighted by atomic mass is 19.1. The average molecular weight is 489 g/mol. The van der Waals surface area contributed by atoms with Gasteiger partial charge in [-0.1, -0.05) is 61.7 Å². The average Bonchev–Trinajstić information content (AvgIpc) is 2.89. The van der Waals surface area contributed by atoms with Gasteiger partial charge in [0, 0.05) is 29.7 Å². The summed E-state index contributed by atoms with van der Waals surface area (Å²) in [5.41, 5.74) is 2.98. The lowest BCUT2D eigenvalue weighted by Crippen LogP contribution is -2.04. The quantitative estimate of drug-likeness (QED) is 0.126. The highest BCUT2D eigenvalue weighted by Crippen LogP contribution is 2.28. The van der Waals surface area contributed by atoms with Gasteiger partial charge in [-0.3, -0.25) is 0 Å². The van der Waals surface area contributed by atoms with Crippen LogP contribution in [0.5, 0.6) is 5.75 Å². The highest BCUT2D eigenvalue weighted by Gasteiger charge is 2.12. The van der Waals surface area contributed by atoms with Crippen LogP contribution in [0.4, 0.5) is 4.39 Å². The Hall–Kier alpha value is -4.49. The fourth-order valence-electron chi connectivity index (χ4n) is 3.17. The first-order valence-corrected chi connectivity index (χ1v) is 11.0. The molecule has 0 aliphatic rings. The minimum absolute atomic E-state index is 0.252. The van der Waals surface area contributed by atoms with Crippen LogP contribution in [-0.4, -0.2) is 23.7 Å². The molecule has 36 heavy (non-hydrogen) atoms. The minimum atomic E-state index is -1.36. The molecule has 0 heterocycles. The summed E-state index contributed by atoms with van der Waals surface area (Å²) in [4.78, 5) is 22.3. The molecule has 0 saturated heterocycles. The van der Waals surface area contributed by atoms with Crippen LogP contribution >= 0.6 is 0 Å². The number of benzene rings is 3. The van der Waals surface area contributed by atoms with Gasteiger partial charge in [0.2, 0.25) is 6.29 Å². The molecule has 0 aliphatic carbocycles. The molecule has 7 heteroatoms. The second-order valence-electron chi connectivity index (χ2n) is 7.54. The fourth-order valence-corrected chi connectivity index (χ4v) is 3.17. The van der Waals surface area contributed by atoms with E-state index in [1.165, 1.54) is 18.4 Å². The highest BCUT2D eigenvalue weighted by molar-refractivity contribution is 5.83. The molecule has 3 aromatic rings. The lowest BCUT2D eigenvalue weighted by molar-refractivity contribution is -0.137. The van der Waals surface area contributed by atoms with Gasteiger partial charge in [0.05, 0.1) is 12.9 Å². The number of rotatable bonds is 11. The summed E-state index contributed by atoms with van der Waals surface area (Å²) in [6, 6.07) is 18.2. The maximum Gasteiger partial charge on any atom is 0.335 e. The molecule has 0 saturated carbocycles. The van der Waals surface area contributed by atoms with Gasteiger partial charge in [0.1, 0.15) is 11.6 Å². The third kappa shape index (κ3) is 7.51. The van der Waals surface area contributed by atoms with Crippen molar-refractivity contribution >= 4 is 18.0 Å². The second-order valence-corrected chi connectivity index (χ2v) is 7.54. The topological polar surface area (TPSA) is 82.1 Å². The standard InChI is InChI=1S/C29H25FO6/c1-3-27(31)34-17-15-20-5-7-21(8-6-20)16-18-35-29(33)23-11-14-25(26(30)19-23)22-9-12-24(13-10-22)36-28(32)4-2/h3-14,16,18-19,29,33H,1-2,15,17H2/b18-16+. The molecule has 0 spiro atoms. The van der Waals surface area contributed by atoms with Crippen LogP contribution in [0.3, 0.4) is 0 Å². The number of hydrogen-bond donors (Lipinski definition) is 1. The van der Waals surface area contributed by atoms with Gasteiger partial charge in [-0.05, 0) is 41.0 Å². The molecule has 1 N–H and O–H groups in total. The summed E-state index contributed by atoms with van der Waals surface area (Å²) < 4.78 is 30.0. The maximum atomic E-state index is 14.7. The summed E-state index contributed by atoms with van der Waals surface area (Å²) in [5.74, 6) is -1.26. The van der Waals surface area contributed by atoms with E-state index in [2.05, 4.69) is 13.2 Å². The lowest BCUT2D eigenvalue weighted by Gasteiger charge is -2.12. The third-order valence-corrected chi connectivity index (χ3v) is 5.08. The van der Waals surface area contributed by atoms with E-state index >= 15 is 0 Å². The molecule has 0 fully saturated rings. The van der Waals surface area contributed by atoms with Crippen molar-refractivity contribution in [2.75, 3.05) is 6.61 Å². The van der Waals surface area contributed by atoms with Gasteiger partial charge in [-0.15, -0.1) is 0 Å². The van der Waals surface area contributed by atoms with Crippen molar-refractivity contribution in [3.63, 3.8) is 0 Å². The molecule has 1 atom stereocenters. The summed E-state index contributed by atoms with van der Waals surface area (Å²) in [6.45, 7) is 6.95. The normalized spacial score (nSPS) is 11.5. The van der Waals surface area contributed by atoms with Crippen LogP contribution in [-0.2, 0) is 25.5 Å². The number of hydrogen-bond acceptors (Lipinski definition) is 6. The summed E-state index contributed by atoms with van der Waals surface area (Å²) >= 11 is 0. The Morgan fingerprint density at radius 1 is 0.944 bits per heavy atom. The number of carbonyl (C=O) groups is 2. The van der Waals surface area contributed by atoms with Gasteiger partial charge in [0.15, 0.2) is 0 Å². The Balaban J connectivity index is 1.55. The van der Waals surface area contributed by atoms with Gasteiger partial charge in [-0.2, -0.15) is 0 Å². The zero-order valence-corrected chi connectivity index (χ0v) is 19.4.